The van der Waals surface area contributed by atoms with Gasteiger partial charge in [-0.25, -0.2) is 0 Å². The van der Waals surface area contributed by atoms with E-state index in [-0.39, 0.29) is 52.9 Å². The summed E-state index contributed by atoms with van der Waals surface area (Å²) in [6.07, 6.45) is 5.44. The van der Waals surface area contributed by atoms with Crippen molar-refractivity contribution in [3.8, 4) is 0 Å². The van der Waals surface area contributed by atoms with Gasteiger partial charge in [0, 0.05) is 44.7 Å². The van der Waals surface area contributed by atoms with E-state index in [0.29, 0.717) is 38.3 Å². The number of halogens is 2. The molecule has 1 heterocycles. The first-order valence-corrected chi connectivity index (χ1v) is 30.4. The van der Waals surface area contributed by atoms with E-state index in [4.69, 9.17) is 22.1 Å². The number of aryl methyl sites for hydroxylation is 3. The van der Waals surface area contributed by atoms with Gasteiger partial charge >= 0.3 is 0 Å². The average Bonchev–Trinajstić information content (AvgIpc) is 4.15. The van der Waals surface area contributed by atoms with Crippen LogP contribution in [0.4, 0.5) is 0 Å². The second-order valence-corrected chi connectivity index (χ2v) is 22.5. The number of ether oxygens (including phenoxy) is 2. The van der Waals surface area contributed by atoms with E-state index < -0.39 is 11.8 Å². The van der Waals surface area contributed by atoms with Crippen LogP contribution in [0.25, 0.3) is 0 Å². The highest BCUT2D eigenvalue weighted by atomic mass is 127. The number of fused-ring (bicyclic) bond motifs is 5. The Kier molecular flexibility index (Phi) is 25.7. The van der Waals surface area contributed by atoms with Crippen LogP contribution in [0.1, 0.15) is 115 Å². The van der Waals surface area contributed by atoms with Gasteiger partial charge in [-0.2, -0.15) is 0 Å². The van der Waals surface area contributed by atoms with Crippen molar-refractivity contribution in [2.45, 2.75) is 128 Å². The Bertz CT molecular complexity index is 2810. The zero-order valence-electron chi connectivity index (χ0n) is 44.7. The monoisotopic (exact) mass is 1190 g/mol. The molecule has 11 nitrogen and oxygen atoms in total. The Morgan fingerprint density at radius 2 is 1.08 bits per heavy atom. The molecule has 6 aromatic rings. The molecule has 0 saturated carbocycles. The highest BCUT2D eigenvalue weighted by Crippen LogP contribution is 2.48. The fourth-order valence-electron chi connectivity index (χ4n) is 9.57. The van der Waals surface area contributed by atoms with Crippen molar-refractivity contribution >= 4 is 62.4 Å². The minimum atomic E-state index is -0.545. The van der Waals surface area contributed by atoms with Crippen LogP contribution in [0.3, 0.4) is 0 Å². The fourth-order valence-corrected chi connectivity index (χ4v) is 9.67. The molecule has 1 saturated heterocycles. The molecule has 0 bridgehead atoms. The summed E-state index contributed by atoms with van der Waals surface area (Å²) in [5.74, 6) is 0.915. The molecule has 0 radical (unpaired) electrons. The summed E-state index contributed by atoms with van der Waals surface area (Å²) in [5, 5.41) is 22.2. The number of allylic oxidation sites excluding steroid dienone is 1. The standard InChI is InChI=1S/C21H23NO2.C18H19NO2.C9H9ClO.C9H11NO.C4H8O.C2H4IOP/c1-21(2)22(19(23)13-12-15-8-4-3-5-9-15)20-17-11-7-6-10-16(17)14-18(20)24-21;20-16-12-14-8-4-5-9-15(14)18(16)19-17(21)11-10-13-6-2-1-3-7-13;10-9(11)7-6-8-4-2-1-3-5-8;10-9-7-4-2-1-3-6(7)5-8(9)11;1-4(2)5-3;1-2(4)5-3/h3-11,18,20H,12-14H2,1-2H3;1-9,16,18,20H,10-12H2,(H,19,21);1-5H,6-7H2;1-4,8-9,11H,5,10H2;1H2,2-3H3;5H,1H3/t18-,20+;16-,18+;;8-,9+;;/m11.1../s1. The molecule has 0 spiro atoms. The molecule has 0 aromatic heterocycles. The molecule has 1 unspecified atom stereocenters. The van der Waals surface area contributed by atoms with Crippen LogP contribution in [0.5, 0.6) is 0 Å². The Morgan fingerprint density at radius 1 is 0.675 bits per heavy atom. The van der Waals surface area contributed by atoms with E-state index in [9.17, 15) is 29.4 Å². The number of amides is 2. The minimum absolute atomic E-state index is 0.0143. The summed E-state index contributed by atoms with van der Waals surface area (Å²) in [6, 6.07) is 53.8. The number of benzene rings is 6. The summed E-state index contributed by atoms with van der Waals surface area (Å²) in [5.41, 5.74) is 16.0. The largest absolute Gasteiger partial charge is 0.502 e. The van der Waals surface area contributed by atoms with E-state index in [1.54, 1.807) is 21.0 Å². The molecule has 3 aliphatic carbocycles. The van der Waals surface area contributed by atoms with Crippen molar-refractivity contribution < 1.29 is 38.9 Å². The van der Waals surface area contributed by atoms with E-state index in [0.717, 1.165) is 59.3 Å². The van der Waals surface area contributed by atoms with Crippen molar-refractivity contribution in [2.75, 3.05) is 7.11 Å². The maximum atomic E-state index is 13.0. The SMILES string of the molecule is C=C(C)OC.CC(=O)PI.CC1(C)O[C@@H]2Cc3ccccc3[C@@H]2N1C(=O)CCc1ccccc1.N[C@H]1c2ccccc2C[C@H]1O.O=C(CCc1ccccc1)N[C@H]1c2ccccc2C[C@H]1O.O=C(Cl)CCc1ccccc1. The van der Waals surface area contributed by atoms with E-state index >= 15 is 0 Å². The number of nitrogens with zero attached hydrogens (tertiary/aromatic N) is 1. The quantitative estimate of drug-likeness (QED) is 0.0403. The van der Waals surface area contributed by atoms with E-state index in [1.807, 2.05) is 146 Å². The summed E-state index contributed by atoms with van der Waals surface area (Å²) in [7, 11) is 1.60. The smallest absolute Gasteiger partial charge is 0.225 e. The van der Waals surface area contributed by atoms with Crippen molar-refractivity contribution in [1.82, 2.24) is 10.2 Å². The van der Waals surface area contributed by atoms with Gasteiger partial charge < -0.3 is 35.6 Å². The van der Waals surface area contributed by atoms with Crippen molar-refractivity contribution in [1.29, 1.82) is 0 Å². The molecule has 10 rings (SSSR count). The first-order valence-electron chi connectivity index (χ1n) is 25.9. The predicted octanol–water partition coefficient (Wildman–Crippen LogP) is 12.0. The molecule has 6 aromatic carbocycles. The third-order valence-corrected chi connectivity index (χ3v) is 16.1. The number of nitrogens with two attached hydrogens (primary N) is 1. The third kappa shape index (κ3) is 19.7. The van der Waals surface area contributed by atoms with Crippen LogP contribution < -0.4 is 11.1 Å². The van der Waals surface area contributed by atoms with Gasteiger partial charge in [0.1, 0.15) is 5.72 Å². The number of carbonyl (C=O) groups excluding carboxylic acids is 4. The van der Waals surface area contributed by atoms with Gasteiger partial charge in [-0.15, -0.1) is 0 Å². The maximum absolute atomic E-state index is 13.0. The molecule has 5 N–H and O–H groups in total. The van der Waals surface area contributed by atoms with Crippen molar-refractivity contribution in [2.24, 2.45) is 5.73 Å². The van der Waals surface area contributed by atoms with E-state index in [2.05, 4.69) is 75.1 Å². The molecular weight excluding hydrogens is 1120 g/mol. The second kappa shape index (κ2) is 31.7. The fraction of sp³-hybridized carbons (Fsp3) is 0.333. The maximum Gasteiger partial charge on any atom is 0.225 e. The lowest BCUT2D eigenvalue weighted by Crippen LogP contribution is -2.44. The van der Waals surface area contributed by atoms with Crippen LogP contribution in [0.2, 0.25) is 0 Å². The highest BCUT2D eigenvalue weighted by molar-refractivity contribution is 14.2. The zero-order chi connectivity index (χ0) is 55.9. The van der Waals surface area contributed by atoms with Gasteiger partial charge in [0.2, 0.25) is 17.1 Å². The summed E-state index contributed by atoms with van der Waals surface area (Å²) in [4.78, 5) is 47.3. The number of methoxy groups -OCH3 is 1. The summed E-state index contributed by atoms with van der Waals surface area (Å²) in [6.45, 7) is 10.9. The van der Waals surface area contributed by atoms with Gasteiger partial charge in [0.25, 0.3) is 0 Å². The number of carbonyl (C=O) groups is 4. The predicted molar refractivity (Wildman–Crippen MR) is 319 cm³/mol. The Labute approximate surface area is 475 Å². The molecule has 14 heteroatoms. The zero-order valence-corrected chi connectivity index (χ0v) is 48.7. The lowest BCUT2D eigenvalue weighted by Gasteiger charge is -2.34. The Morgan fingerprint density at radius 3 is 1.55 bits per heavy atom. The van der Waals surface area contributed by atoms with Gasteiger partial charge in [0.15, 0.2) is 5.52 Å². The van der Waals surface area contributed by atoms with Crippen LogP contribution >= 0.6 is 39.9 Å². The van der Waals surface area contributed by atoms with Crippen LogP contribution in [-0.4, -0.2) is 68.8 Å². The van der Waals surface area contributed by atoms with Crippen molar-refractivity contribution in [3.05, 3.63) is 226 Å². The lowest BCUT2D eigenvalue weighted by atomic mass is 10.0. The number of aliphatic hydroxyl groups excluding tert-OH is 2. The molecule has 4 aliphatic rings. The number of hydrogen-bond acceptors (Lipinski definition) is 9. The van der Waals surface area contributed by atoms with Crippen molar-refractivity contribution in [3.63, 3.8) is 0 Å². The van der Waals surface area contributed by atoms with E-state index in [1.165, 1.54) is 22.3 Å². The summed E-state index contributed by atoms with van der Waals surface area (Å²) >= 11 is 7.24. The number of aliphatic hydroxyl groups is 2. The van der Waals surface area contributed by atoms with Gasteiger partial charge in [-0.3, -0.25) is 19.2 Å². The highest BCUT2D eigenvalue weighted by Gasteiger charge is 2.53. The Hall–Kier alpha value is -5.57. The van der Waals surface area contributed by atoms with Gasteiger partial charge in [-0.1, -0.05) is 170 Å². The first-order chi connectivity index (χ1) is 36.9. The molecule has 408 valence electrons. The third-order valence-electron chi connectivity index (χ3n) is 13.4. The van der Waals surface area contributed by atoms with Crippen LogP contribution in [-0.2, 0) is 67.2 Å². The lowest BCUT2D eigenvalue weighted by molar-refractivity contribution is -0.147. The first kappa shape index (κ1) is 62.3. The molecule has 77 heavy (non-hydrogen) atoms. The average molecular weight is 1190 g/mol. The molecule has 1 aliphatic heterocycles. The number of hydrogen-bond donors (Lipinski definition) is 4. The number of rotatable bonds is 12. The molecule has 1 fully saturated rings. The Balaban J connectivity index is 0.000000186. The minimum Gasteiger partial charge on any atom is -0.502 e. The molecular formula is C63H74ClIN3O8P. The molecule has 2 amide bonds. The topological polar surface area (TPSA) is 168 Å². The number of nitrogens with one attached hydrogen (secondary N) is 1. The summed E-state index contributed by atoms with van der Waals surface area (Å²) < 4.78 is 10.8. The van der Waals surface area contributed by atoms with Gasteiger partial charge in [-0.05, 0) is 131 Å². The normalized spacial score (nSPS) is 19.4. The second-order valence-electron chi connectivity index (χ2n) is 19.6. The van der Waals surface area contributed by atoms with Crippen LogP contribution in [0.15, 0.2) is 176 Å². The van der Waals surface area contributed by atoms with Crippen LogP contribution in [0, 0.1) is 0 Å². The molecule has 7 atom stereocenters. The van der Waals surface area contributed by atoms with Gasteiger partial charge in [0.05, 0.1) is 49.3 Å².